The van der Waals surface area contributed by atoms with Crippen LogP contribution in [0.5, 0.6) is 11.6 Å². The minimum Gasteiger partial charge on any atom is -0.437 e. The van der Waals surface area contributed by atoms with Crippen molar-refractivity contribution in [2.24, 2.45) is 0 Å². The number of nitrogens with zero attached hydrogens (tertiary/aromatic N) is 1. The molecule has 0 aliphatic rings. The highest BCUT2D eigenvalue weighted by Gasteiger charge is 2.16. The van der Waals surface area contributed by atoms with Gasteiger partial charge in [-0.2, -0.15) is 0 Å². The summed E-state index contributed by atoms with van der Waals surface area (Å²) in [5, 5.41) is 0.356. The third-order valence-electron chi connectivity index (χ3n) is 3.97. The van der Waals surface area contributed by atoms with Gasteiger partial charge in [0, 0.05) is 12.3 Å². The fourth-order valence-electron chi connectivity index (χ4n) is 2.46. The molecule has 1 unspecified atom stereocenters. The van der Waals surface area contributed by atoms with Crippen molar-refractivity contribution < 1.29 is 13.3 Å². The molecule has 146 valence electrons. The Balaban J connectivity index is 1.83. The number of hydrogen-bond acceptors (Lipinski definition) is 3. The van der Waals surface area contributed by atoms with Crippen LogP contribution in [0.15, 0.2) is 65.7 Å². The minimum atomic E-state index is -1.55. The van der Waals surface area contributed by atoms with Crippen molar-refractivity contribution in [2.45, 2.75) is 31.1 Å². The molecule has 1 aromatic heterocycles. The average molecular weight is 419 g/mol. The largest absolute Gasteiger partial charge is 0.437 e. The van der Waals surface area contributed by atoms with Gasteiger partial charge in [0.1, 0.15) is 28.2 Å². The van der Waals surface area contributed by atoms with Crippen LogP contribution in [0.1, 0.15) is 26.3 Å². The number of rotatable bonds is 5. The molecule has 2 aromatic carbocycles. The summed E-state index contributed by atoms with van der Waals surface area (Å²) in [7, 11) is -1.55. The van der Waals surface area contributed by atoms with Gasteiger partial charge in [-0.15, -0.1) is 0 Å². The molecule has 1 N–H and O–H groups in total. The summed E-state index contributed by atoms with van der Waals surface area (Å²) in [5.74, 6) is -0.00339. The zero-order chi connectivity index (χ0) is 20.3. The zero-order valence-corrected chi connectivity index (χ0v) is 17.3. The molecule has 0 aliphatic carbocycles. The Morgan fingerprint density at radius 3 is 2.46 bits per heavy atom. The van der Waals surface area contributed by atoms with Crippen molar-refractivity contribution >= 4 is 28.3 Å². The molecule has 0 saturated heterocycles. The van der Waals surface area contributed by atoms with Crippen LogP contribution in [0, 0.1) is 5.82 Å². The summed E-state index contributed by atoms with van der Waals surface area (Å²) in [4.78, 5) is 4.72. The minimum absolute atomic E-state index is 0.0102. The fourth-order valence-corrected chi connectivity index (χ4v) is 3.47. The molecule has 1 atom stereocenters. The van der Waals surface area contributed by atoms with Gasteiger partial charge in [-0.25, -0.2) is 13.6 Å². The van der Waals surface area contributed by atoms with E-state index in [9.17, 15) is 8.60 Å². The molecule has 0 aliphatic heterocycles. The molecule has 0 saturated carbocycles. The number of anilines is 1. The smallest absolute Gasteiger partial charge is 0.243 e. The monoisotopic (exact) mass is 418 g/mol. The molecule has 0 bridgehead atoms. The van der Waals surface area contributed by atoms with E-state index in [1.807, 2.05) is 24.3 Å². The number of ether oxygens (including phenoxy) is 1. The van der Waals surface area contributed by atoms with Crippen LogP contribution in [0.2, 0.25) is 5.02 Å². The summed E-state index contributed by atoms with van der Waals surface area (Å²) in [6.45, 7) is 6.35. The lowest BCUT2D eigenvalue weighted by Gasteiger charge is -2.19. The van der Waals surface area contributed by atoms with Gasteiger partial charge >= 0.3 is 0 Å². The molecule has 0 radical (unpaired) electrons. The van der Waals surface area contributed by atoms with E-state index in [-0.39, 0.29) is 17.0 Å². The van der Waals surface area contributed by atoms with Crippen molar-refractivity contribution in [1.29, 1.82) is 0 Å². The van der Waals surface area contributed by atoms with E-state index >= 15 is 0 Å². The second-order valence-corrected chi connectivity index (χ2v) is 8.86. The molecule has 4 nitrogen and oxygen atoms in total. The molecule has 3 aromatic rings. The Morgan fingerprint density at radius 1 is 1.11 bits per heavy atom. The lowest BCUT2D eigenvalue weighted by Crippen LogP contribution is -2.11. The lowest BCUT2D eigenvalue weighted by atomic mass is 9.87. The van der Waals surface area contributed by atoms with Crippen LogP contribution >= 0.6 is 11.6 Å². The Kier molecular flexibility index (Phi) is 6.01. The predicted molar refractivity (Wildman–Crippen MR) is 111 cm³/mol. The van der Waals surface area contributed by atoms with Gasteiger partial charge in [-0.05, 0) is 41.3 Å². The normalized spacial score (nSPS) is 12.5. The maximum Gasteiger partial charge on any atom is 0.243 e. The molecule has 0 amide bonds. The van der Waals surface area contributed by atoms with Crippen LogP contribution in [0.4, 0.5) is 10.1 Å². The Hall–Kier alpha value is -2.44. The number of halogens is 2. The molecule has 0 spiro atoms. The third-order valence-corrected chi connectivity index (χ3v) is 5.28. The fraction of sp³-hybridized carbons (Fsp3) is 0.190. The van der Waals surface area contributed by atoms with E-state index < -0.39 is 16.8 Å². The molecular formula is C21H20ClFN2O2S. The maximum atomic E-state index is 13.4. The van der Waals surface area contributed by atoms with E-state index in [0.717, 1.165) is 5.56 Å². The number of nitrogens with one attached hydrogen (secondary N) is 1. The van der Waals surface area contributed by atoms with E-state index in [4.69, 9.17) is 16.3 Å². The third kappa shape index (κ3) is 5.09. The summed E-state index contributed by atoms with van der Waals surface area (Å²) < 4.78 is 34.7. The van der Waals surface area contributed by atoms with Crippen molar-refractivity contribution in [1.82, 2.24) is 4.98 Å². The summed E-state index contributed by atoms with van der Waals surface area (Å²) in [6, 6.07) is 14.8. The van der Waals surface area contributed by atoms with Crippen LogP contribution in [-0.4, -0.2) is 9.19 Å². The molecule has 7 heteroatoms. The molecule has 28 heavy (non-hydrogen) atoms. The van der Waals surface area contributed by atoms with Crippen molar-refractivity contribution in [2.75, 3.05) is 4.72 Å². The maximum absolute atomic E-state index is 13.4. The molecule has 3 rings (SSSR count). The van der Waals surface area contributed by atoms with Gasteiger partial charge in [0.15, 0.2) is 0 Å². The molecule has 0 fully saturated rings. The first kappa shape index (κ1) is 20.3. The Labute approximate surface area is 171 Å². The van der Waals surface area contributed by atoms with E-state index in [1.54, 1.807) is 12.1 Å². The average Bonchev–Trinajstić information content (AvgIpc) is 2.63. The highest BCUT2D eigenvalue weighted by atomic mass is 35.5. The van der Waals surface area contributed by atoms with Gasteiger partial charge in [0.2, 0.25) is 5.88 Å². The number of hydrogen-bond donors (Lipinski definition) is 1. The van der Waals surface area contributed by atoms with E-state index in [1.165, 1.54) is 24.4 Å². The van der Waals surface area contributed by atoms with E-state index in [2.05, 4.69) is 30.5 Å². The molecule has 1 heterocycles. The van der Waals surface area contributed by atoms with E-state index in [0.29, 0.717) is 15.6 Å². The van der Waals surface area contributed by atoms with Crippen LogP contribution in [0.3, 0.4) is 0 Å². The number of aromatic nitrogens is 1. The quantitative estimate of drug-likeness (QED) is 0.544. The Bertz CT molecular complexity index is 1000. The first-order valence-electron chi connectivity index (χ1n) is 8.60. The van der Waals surface area contributed by atoms with Crippen LogP contribution in [0.25, 0.3) is 0 Å². The van der Waals surface area contributed by atoms with Crippen LogP contribution in [-0.2, 0) is 16.4 Å². The topological polar surface area (TPSA) is 51.2 Å². The van der Waals surface area contributed by atoms with Crippen molar-refractivity contribution in [3.8, 4) is 11.6 Å². The first-order chi connectivity index (χ1) is 13.2. The summed E-state index contributed by atoms with van der Waals surface area (Å²) >= 11 is 6.03. The first-order valence-corrected chi connectivity index (χ1v) is 10.1. The van der Waals surface area contributed by atoms with Crippen molar-refractivity contribution in [3.63, 3.8) is 0 Å². The highest BCUT2D eigenvalue weighted by Crippen LogP contribution is 2.31. The summed E-state index contributed by atoms with van der Waals surface area (Å²) in [5.41, 5.74) is 1.50. The molecular weight excluding hydrogens is 399 g/mol. The van der Waals surface area contributed by atoms with Crippen molar-refractivity contribution in [3.05, 3.63) is 77.2 Å². The second kappa shape index (κ2) is 8.29. The van der Waals surface area contributed by atoms with Crippen LogP contribution < -0.4 is 9.46 Å². The number of pyridine rings is 1. The summed E-state index contributed by atoms with van der Waals surface area (Å²) in [6.07, 6.45) is 1.41. The van der Waals surface area contributed by atoms with Gasteiger partial charge in [0.05, 0.1) is 9.92 Å². The lowest BCUT2D eigenvalue weighted by molar-refractivity contribution is 0.460. The van der Waals surface area contributed by atoms with Gasteiger partial charge in [-0.3, -0.25) is 4.72 Å². The van der Waals surface area contributed by atoms with Gasteiger partial charge in [0.25, 0.3) is 0 Å². The second-order valence-electron chi connectivity index (χ2n) is 7.21. The predicted octanol–water partition coefficient (Wildman–Crippen LogP) is 6.10. The highest BCUT2D eigenvalue weighted by molar-refractivity contribution is 7.86. The zero-order valence-electron chi connectivity index (χ0n) is 15.7. The van der Waals surface area contributed by atoms with Gasteiger partial charge in [-0.1, -0.05) is 50.6 Å². The standard InChI is InChI=1S/C21H20ClFN2O2S/c1-21(2,3)14-7-9-18(10-8-14)28(26)25-19-11-15(22)13-24-20(19)27-17-6-4-5-16(23)12-17/h4-13,25H,1-3H3. The van der Waals surface area contributed by atoms with Gasteiger partial charge < -0.3 is 4.74 Å². The number of benzene rings is 2. The Morgan fingerprint density at radius 2 is 1.82 bits per heavy atom. The SMILES string of the molecule is CC(C)(C)c1ccc(S(=O)Nc2cc(Cl)cnc2Oc2cccc(F)c2)cc1.